The first-order valence-corrected chi connectivity index (χ1v) is 7.82. The van der Waals surface area contributed by atoms with Crippen molar-refractivity contribution >= 4 is 0 Å². The second kappa shape index (κ2) is 5.62. The molecule has 4 rings (SSSR count). The van der Waals surface area contributed by atoms with E-state index in [1.54, 1.807) is 0 Å². The van der Waals surface area contributed by atoms with Crippen LogP contribution in [-0.2, 0) is 6.54 Å². The summed E-state index contributed by atoms with van der Waals surface area (Å²) in [6, 6.07) is 12.4. The summed E-state index contributed by atoms with van der Waals surface area (Å²) in [4.78, 5) is 6.79. The summed E-state index contributed by atoms with van der Waals surface area (Å²) in [5.41, 5.74) is 3.25. The molecule has 0 bridgehead atoms. The van der Waals surface area contributed by atoms with Crippen LogP contribution in [0.25, 0.3) is 11.5 Å². The van der Waals surface area contributed by atoms with Crippen molar-refractivity contribution < 1.29 is 4.52 Å². The van der Waals surface area contributed by atoms with E-state index in [1.807, 2.05) is 37.3 Å². The van der Waals surface area contributed by atoms with E-state index in [9.17, 15) is 0 Å². The third-order valence-corrected chi connectivity index (χ3v) is 4.18. The second-order valence-electron chi connectivity index (χ2n) is 6.10. The van der Waals surface area contributed by atoms with E-state index in [2.05, 4.69) is 37.8 Å². The van der Waals surface area contributed by atoms with Crippen molar-refractivity contribution in [1.29, 1.82) is 0 Å². The molecule has 118 valence electrons. The molecule has 3 heterocycles. The van der Waals surface area contributed by atoms with Gasteiger partial charge in [0.05, 0.1) is 18.3 Å². The molecule has 0 spiro atoms. The summed E-state index contributed by atoms with van der Waals surface area (Å²) in [6.45, 7) is 6.79. The number of likely N-dealkylation sites (tertiary alicyclic amines) is 1. The Morgan fingerprint density at radius 3 is 2.65 bits per heavy atom. The molecule has 0 N–H and O–H groups in total. The van der Waals surface area contributed by atoms with Crippen LogP contribution in [0.4, 0.5) is 0 Å². The maximum atomic E-state index is 5.35. The minimum Gasteiger partial charge on any atom is -0.334 e. The van der Waals surface area contributed by atoms with Crippen LogP contribution >= 0.6 is 0 Å². The first-order chi connectivity index (χ1) is 11.2. The van der Waals surface area contributed by atoms with Gasteiger partial charge in [-0.15, -0.1) is 0 Å². The molecule has 6 nitrogen and oxygen atoms in total. The molecule has 3 aromatic rings. The summed E-state index contributed by atoms with van der Waals surface area (Å²) in [5.74, 6) is 1.31. The van der Waals surface area contributed by atoms with Crippen LogP contribution in [0.3, 0.4) is 0 Å². The van der Waals surface area contributed by atoms with Gasteiger partial charge in [-0.1, -0.05) is 23.4 Å². The van der Waals surface area contributed by atoms with Crippen LogP contribution < -0.4 is 0 Å². The van der Waals surface area contributed by atoms with Crippen LogP contribution in [0.15, 0.2) is 40.9 Å². The summed E-state index contributed by atoms with van der Waals surface area (Å²) < 4.78 is 7.47. The Bertz CT molecular complexity index is 802. The Balaban J connectivity index is 1.38. The van der Waals surface area contributed by atoms with Gasteiger partial charge in [0.1, 0.15) is 0 Å². The molecule has 0 atom stereocenters. The average molecular weight is 309 g/mol. The number of aromatic nitrogens is 4. The predicted octanol–water partition coefficient (Wildman–Crippen LogP) is 2.61. The highest BCUT2D eigenvalue weighted by Gasteiger charge is 2.30. The predicted molar refractivity (Wildman–Crippen MR) is 85.7 cm³/mol. The number of benzene rings is 1. The zero-order chi connectivity index (χ0) is 15.8. The molecule has 1 saturated heterocycles. The topological polar surface area (TPSA) is 60.0 Å². The molecular weight excluding hydrogens is 290 g/mol. The lowest BCUT2D eigenvalue weighted by Gasteiger charge is -2.38. The Morgan fingerprint density at radius 1 is 1.17 bits per heavy atom. The summed E-state index contributed by atoms with van der Waals surface area (Å²) in [6.07, 6.45) is 0. The zero-order valence-corrected chi connectivity index (χ0v) is 13.3. The Hall–Kier alpha value is -2.47. The summed E-state index contributed by atoms with van der Waals surface area (Å²) in [5, 5.41) is 8.64. The van der Waals surface area contributed by atoms with Crippen molar-refractivity contribution in [1.82, 2.24) is 24.8 Å². The van der Waals surface area contributed by atoms with Crippen LogP contribution in [0.2, 0.25) is 0 Å². The fourth-order valence-electron chi connectivity index (χ4n) is 3.06. The van der Waals surface area contributed by atoms with Crippen molar-refractivity contribution in [2.75, 3.05) is 13.1 Å². The minimum atomic E-state index is 0.448. The van der Waals surface area contributed by atoms with Crippen LogP contribution in [0.1, 0.15) is 23.3 Å². The first-order valence-electron chi connectivity index (χ1n) is 7.82. The van der Waals surface area contributed by atoms with Crippen LogP contribution in [-0.4, -0.2) is 37.9 Å². The highest BCUT2D eigenvalue weighted by Crippen LogP contribution is 2.24. The van der Waals surface area contributed by atoms with Crippen molar-refractivity contribution in [3.8, 4) is 11.5 Å². The summed E-state index contributed by atoms with van der Waals surface area (Å²) in [7, 11) is 0. The maximum Gasteiger partial charge on any atom is 0.257 e. The highest BCUT2D eigenvalue weighted by atomic mass is 16.5. The Morgan fingerprint density at radius 2 is 1.96 bits per heavy atom. The second-order valence-corrected chi connectivity index (χ2v) is 6.10. The van der Waals surface area contributed by atoms with Gasteiger partial charge >= 0.3 is 0 Å². The van der Waals surface area contributed by atoms with E-state index in [1.165, 1.54) is 5.69 Å². The monoisotopic (exact) mass is 309 g/mol. The first kappa shape index (κ1) is 14.1. The van der Waals surface area contributed by atoms with Crippen molar-refractivity contribution in [3.63, 3.8) is 0 Å². The normalized spacial score (nSPS) is 15.7. The molecule has 0 aliphatic carbocycles. The van der Waals surface area contributed by atoms with Gasteiger partial charge in [0, 0.05) is 24.3 Å². The van der Waals surface area contributed by atoms with E-state index in [0.29, 0.717) is 18.5 Å². The van der Waals surface area contributed by atoms with Gasteiger partial charge in [-0.2, -0.15) is 10.1 Å². The number of aryl methyl sites for hydroxylation is 2. The third kappa shape index (κ3) is 2.77. The zero-order valence-electron chi connectivity index (χ0n) is 13.3. The molecule has 1 aliphatic rings. The van der Waals surface area contributed by atoms with Gasteiger partial charge in [0.25, 0.3) is 5.89 Å². The lowest BCUT2D eigenvalue weighted by atomic mass is 10.1. The number of nitrogens with zero attached hydrogens (tertiary/aromatic N) is 5. The molecule has 2 aromatic heterocycles. The highest BCUT2D eigenvalue weighted by molar-refractivity contribution is 5.51. The van der Waals surface area contributed by atoms with E-state index in [4.69, 9.17) is 4.52 Å². The van der Waals surface area contributed by atoms with E-state index >= 15 is 0 Å². The molecule has 0 radical (unpaired) electrons. The Kier molecular flexibility index (Phi) is 3.46. The largest absolute Gasteiger partial charge is 0.334 e. The molecule has 23 heavy (non-hydrogen) atoms. The lowest BCUT2D eigenvalue weighted by Crippen LogP contribution is -2.47. The van der Waals surface area contributed by atoms with Gasteiger partial charge in [0.15, 0.2) is 5.82 Å². The molecule has 0 amide bonds. The van der Waals surface area contributed by atoms with Gasteiger partial charge in [-0.05, 0) is 32.0 Å². The quantitative estimate of drug-likeness (QED) is 0.741. The van der Waals surface area contributed by atoms with Crippen molar-refractivity contribution in [3.05, 3.63) is 53.6 Å². The van der Waals surface area contributed by atoms with Crippen LogP contribution in [0, 0.1) is 13.8 Å². The van der Waals surface area contributed by atoms with Gasteiger partial charge in [-0.25, -0.2) is 0 Å². The fourth-order valence-corrected chi connectivity index (χ4v) is 3.06. The van der Waals surface area contributed by atoms with E-state index in [-0.39, 0.29) is 0 Å². The Labute approximate surface area is 134 Å². The number of rotatable bonds is 4. The molecule has 0 saturated carbocycles. The minimum absolute atomic E-state index is 0.448. The number of hydrogen-bond acceptors (Lipinski definition) is 5. The molecule has 0 unspecified atom stereocenters. The summed E-state index contributed by atoms with van der Waals surface area (Å²) >= 11 is 0. The van der Waals surface area contributed by atoms with Crippen molar-refractivity contribution in [2.45, 2.75) is 26.4 Å². The van der Waals surface area contributed by atoms with Gasteiger partial charge in [-0.3, -0.25) is 9.58 Å². The van der Waals surface area contributed by atoms with Crippen LogP contribution in [0.5, 0.6) is 0 Å². The SMILES string of the molecule is Cc1cc(C)n(C2CN(Cc3noc(-c4ccccc4)n3)C2)n1. The van der Waals surface area contributed by atoms with E-state index < -0.39 is 0 Å². The molecule has 6 heteroatoms. The van der Waals surface area contributed by atoms with Gasteiger partial charge < -0.3 is 4.52 Å². The average Bonchev–Trinajstić information content (AvgIpc) is 3.10. The maximum absolute atomic E-state index is 5.35. The van der Waals surface area contributed by atoms with Gasteiger partial charge in [0.2, 0.25) is 0 Å². The smallest absolute Gasteiger partial charge is 0.257 e. The van der Waals surface area contributed by atoms with E-state index in [0.717, 1.165) is 30.2 Å². The molecule has 1 aliphatic heterocycles. The molecule has 1 fully saturated rings. The van der Waals surface area contributed by atoms with Crippen molar-refractivity contribution in [2.24, 2.45) is 0 Å². The standard InChI is InChI=1S/C17H19N5O/c1-12-8-13(2)22(19-12)15-9-21(10-15)11-16-18-17(23-20-16)14-6-4-3-5-7-14/h3-8,15H,9-11H2,1-2H3. The lowest BCUT2D eigenvalue weighted by molar-refractivity contribution is 0.0857. The molecular formula is C17H19N5O. The molecule has 1 aromatic carbocycles. The number of hydrogen-bond donors (Lipinski definition) is 0. The fraction of sp³-hybridized carbons (Fsp3) is 0.353. The third-order valence-electron chi connectivity index (χ3n) is 4.18.